The molecular weight excluding hydrogens is 1230 g/mol. The highest BCUT2D eigenvalue weighted by atomic mass is 127. The van der Waals surface area contributed by atoms with Crippen LogP contribution in [-0.2, 0) is 47.5 Å². The van der Waals surface area contributed by atoms with E-state index in [0.29, 0.717) is 111 Å². The largest absolute Gasteiger partial charge is 0.375 e. The average Bonchev–Trinajstić information content (AvgIpc) is 3.50. The van der Waals surface area contributed by atoms with Gasteiger partial charge in [0, 0.05) is 31.5 Å². The predicted molar refractivity (Wildman–Crippen MR) is 332 cm³/mol. The highest BCUT2D eigenvalue weighted by Gasteiger charge is 2.41. The third kappa shape index (κ3) is 18.5. The Labute approximate surface area is 512 Å². The predicted octanol–water partition coefficient (Wildman–Crippen LogP) is 16.5. The molecule has 0 amide bonds. The van der Waals surface area contributed by atoms with Gasteiger partial charge in [-0.25, -0.2) is 0 Å². The number of hydrogen-bond acceptors (Lipinski definition) is 10. The van der Waals surface area contributed by atoms with Crippen molar-refractivity contribution in [1.29, 1.82) is 0 Å². The topological polar surface area (TPSA) is 108 Å². The maximum absolute atomic E-state index is 13.8. The molecule has 12 heteroatoms. The molecule has 0 heterocycles. The number of rotatable bonds is 20. The maximum Gasteiger partial charge on any atom is 0.140 e. The van der Waals surface area contributed by atoms with Crippen LogP contribution in [0.5, 0.6) is 0 Å². The second-order valence-electron chi connectivity index (χ2n) is 28.5. The molecule has 3 unspecified atom stereocenters. The van der Waals surface area contributed by atoms with E-state index in [-0.39, 0.29) is 29.8 Å². The lowest BCUT2D eigenvalue weighted by molar-refractivity contribution is -0.133. The van der Waals surface area contributed by atoms with Gasteiger partial charge in [0.2, 0.25) is 0 Å². The molecule has 11 aliphatic rings. The van der Waals surface area contributed by atoms with E-state index in [1.807, 2.05) is 0 Å². The van der Waals surface area contributed by atoms with Gasteiger partial charge in [0.1, 0.15) is 11.6 Å². The molecule has 0 aliphatic heterocycles. The lowest BCUT2D eigenvalue weighted by Crippen LogP contribution is -2.38. The van der Waals surface area contributed by atoms with Crippen LogP contribution >= 0.6 is 45.2 Å². The minimum Gasteiger partial charge on any atom is -0.375 e. The molecule has 0 aromatic heterocycles. The van der Waals surface area contributed by atoms with E-state index in [9.17, 15) is 9.59 Å². The molecule has 80 heavy (non-hydrogen) atoms. The van der Waals surface area contributed by atoms with E-state index in [1.54, 1.807) is 0 Å². The Bertz CT molecular complexity index is 1800. The summed E-state index contributed by atoms with van der Waals surface area (Å²) in [5.41, 5.74) is 0. The Morgan fingerprint density at radius 1 is 0.225 bits per heavy atom. The van der Waals surface area contributed by atoms with Crippen LogP contribution in [0.25, 0.3) is 0 Å². The molecule has 11 aliphatic carbocycles. The van der Waals surface area contributed by atoms with Gasteiger partial charge in [-0.3, -0.25) is 9.59 Å². The molecule has 0 N–H and O–H groups in total. The minimum atomic E-state index is 0.212. The number of halogens is 2. The van der Waals surface area contributed by atoms with Crippen LogP contribution in [0.3, 0.4) is 0 Å². The smallest absolute Gasteiger partial charge is 0.140 e. The number of carbonyl (C=O) groups is 2. The first kappa shape index (κ1) is 62.1. The van der Waals surface area contributed by atoms with Crippen LogP contribution in [0.2, 0.25) is 0 Å². The zero-order valence-electron chi connectivity index (χ0n) is 49.7. The highest BCUT2D eigenvalue weighted by Crippen LogP contribution is 2.42. The first-order valence-electron chi connectivity index (χ1n) is 34.8. The summed E-state index contributed by atoms with van der Waals surface area (Å²) in [6, 6.07) is 0. The number of hydrogen-bond donors (Lipinski definition) is 0. The Morgan fingerprint density at radius 3 is 0.662 bits per heavy atom. The van der Waals surface area contributed by atoms with Crippen molar-refractivity contribution in [3.63, 3.8) is 0 Å². The van der Waals surface area contributed by atoms with Gasteiger partial charge in [-0.1, -0.05) is 64.4 Å². The molecule has 11 saturated carbocycles. The van der Waals surface area contributed by atoms with E-state index in [2.05, 4.69) is 45.2 Å². The SMILES string of the molecule is O=C(C1CCC(OC2CCC(OC3CCC(OC4CCC(OC5CCC(OC6CCC(OC7CCC(OC8CCCCC8)CC7)CC6)CC5)CC4)CC3)CC2)CC1)C1CCC(OC2CCC(C(=O)C3CC(I)CCC3I)CC2)CC1. The Kier molecular flexibility index (Phi) is 24.5. The van der Waals surface area contributed by atoms with Gasteiger partial charge >= 0.3 is 0 Å². The molecule has 0 aromatic rings. The summed E-state index contributed by atoms with van der Waals surface area (Å²) >= 11 is 5.10. The highest BCUT2D eigenvalue weighted by molar-refractivity contribution is 14.1. The summed E-state index contributed by atoms with van der Waals surface area (Å²) < 4.78 is 54.8. The number of Topliss-reactive ketones (excluding diaryl/α,β-unsaturated/α-hetero) is 2. The molecule has 11 rings (SSSR count). The van der Waals surface area contributed by atoms with Crippen LogP contribution in [0.1, 0.15) is 283 Å². The third-order valence-corrected chi connectivity index (χ3v) is 25.3. The molecule has 0 bridgehead atoms. The first-order valence-corrected chi connectivity index (χ1v) is 37.2. The Balaban J connectivity index is 0.478. The molecule has 0 spiro atoms. The summed E-state index contributed by atoms with van der Waals surface area (Å²) in [7, 11) is 0. The van der Waals surface area contributed by atoms with Gasteiger partial charge in [0.15, 0.2) is 0 Å². The van der Waals surface area contributed by atoms with Crippen LogP contribution in [0.15, 0.2) is 0 Å². The second-order valence-corrected chi connectivity index (χ2v) is 31.9. The monoisotopic (exact) mass is 1340 g/mol. The molecule has 456 valence electrons. The number of ether oxygens (including phenoxy) is 8. The van der Waals surface area contributed by atoms with Gasteiger partial charge in [-0.15, -0.1) is 0 Å². The van der Waals surface area contributed by atoms with Gasteiger partial charge in [-0.05, 0) is 263 Å². The minimum absolute atomic E-state index is 0.212. The summed E-state index contributed by atoms with van der Waals surface area (Å²) in [6.07, 6.45) is 55.8. The van der Waals surface area contributed by atoms with Crippen molar-refractivity contribution >= 4 is 56.7 Å². The Morgan fingerprint density at radius 2 is 0.425 bits per heavy atom. The third-order valence-electron chi connectivity index (χ3n) is 22.7. The standard InChI is InChI=1S/C68H110I2O10/c69-48-12-43-66(70)65(44-48)68(72)47-10-17-52(18-11-47)74-50-13-6-45(7-14-50)67(71)46-8-15-51(16-9-46)75-54-23-25-56(26-24-54)77-58-31-33-60(34-32-58)79-62-39-41-64(42-40-62)80-63-37-35-61(36-38-63)78-59-29-27-57(28-30-59)76-55-21-19-53(20-22-55)73-49-4-2-1-3-5-49/h45-66H,1-44H2. The maximum atomic E-state index is 13.8. The zero-order chi connectivity index (χ0) is 54.6. The van der Waals surface area contributed by atoms with Gasteiger partial charge in [0.25, 0.3) is 0 Å². The fourth-order valence-electron chi connectivity index (χ4n) is 17.7. The van der Waals surface area contributed by atoms with Crippen LogP contribution < -0.4 is 0 Å². The van der Waals surface area contributed by atoms with Gasteiger partial charge in [0.05, 0.1) is 97.7 Å². The summed E-state index contributed by atoms with van der Waals surface area (Å²) in [5, 5.41) is 0. The number of ketones is 2. The molecule has 0 aromatic carbocycles. The lowest BCUT2D eigenvalue weighted by atomic mass is 9.75. The quantitative estimate of drug-likeness (QED) is 0.0864. The zero-order valence-corrected chi connectivity index (χ0v) is 54.0. The van der Waals surface area contributed by atoms with Crippen molar-refractivity contribution in [3.8, 4) is 0 Å². The van der Waals surface area contributed by atoms with Crippen molar-refractivity contribution in [1.82, 2.24) is 0 Å². The van der Waals surface area contributed by atoms with Crippen molar-refractivity contribution in [2.24, 2.45) is 23.7 Å². The van der Waals surface area contributed by atoms with E-state index in [4.69, 9.17) is 37.9 Å². The molecule has 10 nitrogen and oxygen atoms in total. The first-order chi connectivity index (χ1) is 39.2. The lowest BCUT2D eigenvalue weighted by Gasteiger charge is -2.39. The van der Waals surface area contributed by atoms with E-state index < -0.39 is 0 Å². The molecular formula is C68H110I2O10. The molecule has 0 radical (unpaired) electrons. The molecule has 0 saturated heterocycles. The van der Waals surface area contributed by atoms with Crippen molar-refractivity contribution in [3.05, 3.63) is 0 Å². The summed E-state index contributed by atoms with van der Waals surface area (Å²) in [4.78, 5) is 27.2. The average molecular weight is 1340 g/mol. The van der Waals surface area contributed by atoms with Gasteiger partial charge < -0.3 is 37.9 Å². The van der Waals surface area contributed by atoms with Gasteiger partial charge in [-0.2, -0.15) is 0 Å². The summed E-state index contributed by atoms with van der Waals surface area (Å²) in [5.74, 6) is 2.01. The van der Waals surface area contributed by atoms with E-state index >= 15 is 0 Å². The number of alkyl halides is 2. The van der Waals surface area contributed by atoms with Crippen LogP contribution in [0.4, 0.5) is 0 Å². The van der Waals surface area contributed by atoms with Crippen LogP contribution in [0, 0.1) is 23.7 Å². The summed E-state index contributed by atoms with van der Waals surface area (Å²) in [6.45, 7) is 0. The van der Waals surface area contributed by atoms with Crippen molar-refractivity contribution in [2.45, 2.75) is 388 Å². The normalized spacial score (nSPS) is 44.0. The molecule has 11 fully saturated rings. The number of carbonyl (C=O) groups excluding carboxylic acids is 2. The molecule has 3 atom stereocenters. The van der Waals surface area contributed by atoms with Crippen molar-refractivity contribution in [2.75, 3.05) is 0 Å². The second kappa shape index (κ2) is 31.6. The van der Waals surface area contributed by atoms with Crippen molar-refractivity contribution < 1.29 is 47.5 Å². The Hall–Kier alpha value is 0.480. The fraction of sp³-hybridized carbons (Fsp3) is 0.971. The van der Waals surface area contributed by atoms with E-state index in [0.717, 1.165) is 212 Å². The van der Waals surface area contributed by atoms with E-state index in [1.165, 1.54) is 70.6 Å². The van der Waals surface area contributed by atoms with Crippen LogP contribution in [-0.4, -0.2) is 117 Å². The fourth-order valence-corrected chi connectivity index (χ4v) is 19.6.